The second-order valence-corrected chi connectivity index (χ2v) is 5.20. The fraction of sp³-hybridized carbons (Fsp3) is 0.312. The molecule has 0 aromatic heterocycles. The monoisotopic (exact) mass is 296 g/mol. The van der Waals surface area contributed by atoms with Gasteiger partial charge in [0.15, 0.2) is 0 Å². The average Bonchev–Trinajstić information content (AvgIpc) is 2.42. The molecule has 0 spiro atoms. The minimum atomic E-state index is -4.92. The molecule has 0 fully saturated rings. The van der Waals surface area contributed by atoms with Crippen LogP contribution in [-0.4, -0.2) is 18.6 Å². The molecule has 0 saturated heterocycles. The number of carbonyl (C=O) groups is 1. The number of hydrogen-bond donors (Lipinski definition) is 0. The standard InChI is InChI=1S/C16H15F3O2/c1-10(2)9-21-14-12-6-4-3-5-11(12)7-8-13(14)15(20)16(17,18)19/h3-8,10H,9H2,1-2H3. The predicted molar refractivity (Wildman–Crippen MR) is 74.7 cm³/mol. The van der Waals surface area contributed by atoms with Gasteiger partial charge in [-0.1, -0.05) is 44.2 Å². The Morgan fingerprint density at radius 2 is 1.81 bits per heavy atom. The van der Waals surface area contributed by atoms with Crippen LogP contribution in [0.25, 0.3) is 10.8 Å². The van der Waals surface area contributed by atoms with E-state index in [-0.39, 0.29) is 18.3 Å². The van der Waals surface area contributed by atoms with Crippen molar-refractivity contribution in [1.82, 2.24) is 0 Å². The Balaban J connectivity index is 2.58. The molecule has 0 radical (unpaired) electrons. The Morgan fingerprint density at radius 3 is 2.43 bits per heavy atom. The first-order chi connectivity index (χ1) is 9.80. The maximum absolute atomic E-state index is 12.7. The van der Waals surface area contributed by atoms with Gasteiger partial charge >= 0.3 is 6.18 Å². The minimum absolute atomic E-state index is 0.00382. The van der Waals surface area contributed by atoms with Crippen molar-refractivity contribution < 1.29 is 22.7 Å². The zero-order valence-electron chi connectivity index (χ0n) is 11.7. The summed E-state index contributed by atoms with van der Waals surface area (Å²) in [5, 5.41) is 1.24. The van der Waals surface area contributed by atoms with Gasteiger partial charge in [0.1, 0.15) is 5.75 Å². The predicted octanol–water partition coefficient (Wildman–Crippen LogP) is 4.62. The van der Waals surface area contributed by atoms with E-state index in [9.17, 15) is 18.0 Å². The van der Waals surface area contributed by atoms with E-state index >= 15 is 0 Å². The van der Waals surface area contributed by atoms with E-state index in [1.54, 1.807) is 24.3 Å². The maximum atomic E-state index is 12.7. The number of benzene rings is 2. The van der Waals surface area contributed by atoms with Crippen LogP contribution in [0.5, 0.6) is 5.75 Å². The summed E-state index contributed by atoms with van der Waals surface area (Å²) in [5.41, 5.74) is -0.443. The van der Waals surface area contributed by atoms with Crippen molar-refractivity contribution in [3.63, 3.8) is 0 Å². The van der Waals surface area contributed by atoms with Crippen LogP contribution in [0.2, 0.25) is 0 Å². The lowest BCUT2D eigenvalue weighted by molar-refractivity contribution is -0.0886. The number of rotatable bonds is 4. The number of halogens is 3. The summed E-state index contributed by atoms with van der Waals surface area (Å²) in [7, 11) is 0. The number of alkyl halides is 3. The smallest absolute Gasteiger partial charge is 0.455 e. The van der Waals surface area contributed by atoms with Crippen molar-refractivity contribution in [1.29, 1.82) is 0 Å². The molecule has 0 unspecified atom stereocenters. The van der Waals surface area contributed by atoms with E-state index in [1.165, 1.54) is 12.1 Å². The fourth-order valence-electron chi connectivity index (χ4n) is 1.98. The van der Waals surface area contributed by atoms with Gasteiger partial charge in [-0.3, -0.25) is 4.79 Å². The molecule has 2 aromatic carbocycles. The van der Waals surface area contributed by atoms with Crippen LogP contribution in [0.3, 0.4) is 0 Å². The summed E-state index contributed by atoms with van der Waals surface area (Å²) < 4.78 is 43.6. The van der Waals surface area contributed by atoms with Gasteiger partial charge < -0.3 is 4.74 Å². The summed E-state index contributed by atoms with van der Waals surface area (Å²) >= 11 is 0. The van der Waals surface area contributed by atoms with Crippen molar-refractivity contribution in [2.75, 3.05) is 6.61 Å². The molecule has 0 aliphatic carbocycles. The number of fused-ring (bicyclic) bond motifs is 1. The van der Waals surface area contributed by atoms with Crippen LogP contribution in [0, 0.1) is 5.92 Å². The third-order valence-corrected chi connectivity index (χ3v) is 2.94. The Hall–Kier alpha value is -2.04. The van der Waals surface area contributed by atoms with Gasteiger partial charge in [-0.25, -0.2) is 0 Å². The molecule has 0 aliphatic heterocycles. The molecule has 0 atom stereocenters. The summed E-state index contributed by atoms with van der Waals surface area (Å²) in [4.78, 5) is 11.6. The van der Waals surface area contributed by atoms with Crippen molar-refractivity contribution in [3.05, 3.63) is 42.0 Å². The second-order valence-electron chi connectivity index (χ2n) is 5.20. The highest BCUT2D eigenvalue weighted by Crippen LogP contribution is 2.34. The maximum Gasteiger partial charge on any atom is 0.455 e. The molecule has 0 aliphatic rings. The second kappa shape index (κ2) is 5.76. The highest BCUT2D eigenvalue weighted by molar-refractivity contribution is 6.07. The zero-order chi connectivity index (χ0) is 15.6. The van der Waals surface area contributed by atoms with E-state index in [0.717, 1.165) is 5.39 Å². The molecular formula is C16H15F3O2. The molecular weight excluding hydrogens is 281 g/mol. The molecule has 0 N–H and O–H groups in total. The van der Waals surface area contributed by atoms with Gasteiger partial charge in [0.25, 0.3) is 5.78 Å². The highest BCUT2D eigenvalue weighted by atomic mass is 19.4. The summed E-state index contributed by atoms with van der Waals surface area (Å²) in [6.45, 7) is 4.01. The number of hydrogen-bond acceptors (Lipinski definition) is 2. The SMILES string of the molecule is CC(C)COc1c(C(=O)C(F)(F)F)ccc2ccccc12. The third kappa shape index (κ3) is 3.35. The van der Waals surface area contributed by atoms with Crippen molar-refractivity contribution in [3.8, 4) is 5.75 Å². The molecule has 5 heteroatoms. The van der Waals surface area contributed by atoms with Crippen LogP contribution >= 0.6 is 0 Å². The molecule has 2 aromatic rings. The molecule has 2 nitrogen and oxygen atoms in total. The number of ether oxygens (including phenoxy) is 1. The molecule has 0 amide bonds. The zero-order valence-corrected chi connectivity index (χ0v) is 11.7. The van der Waals surface area contributed by atoms with Gasteiger partial charge in [0, 0.05) is 5.39 Å². The number of Topliss-reactive ketones (excluding diaryl/α,β-unsaturated/α-hetero) is 1. The molecule has 0 saturated carbocycles. The Kier molecular flexibility index (Phi) is 4.21. The number of ketones is 1. The first kappa shape index (κ1) is 15.4. The van der Waals surface area contributed by atoms with Crippen LogP contribution in [0.15, 0.2) is 36.4 Å². The van der Waals surface area contributed by atoms with E-state index in [0.29, 0.717) is 5.39 Å². The van der Waals surface area contributed by atoms with Crippen LogP contribution in [0.4, 0.5) is 13.2 Å². The van der Waals surface area contributed by atoms with E-state index in [4.69, 9.17) is 4.74 Å². The first-order valence-corrected chi connectivity index (χ1v) is 6.56. The Morgan fingerprint density at radius 1 is 1.14 bits per heavy atom. The topological polar surface area (TPSA) is 26.3 Å². The Bertz CT molecular complexity index is 660. The van der Waals surface area contributed by atoms with Crippen LogP contribution in [0.1, 0.15) is 24.2 Å². The Labute approximate surface area is 120 Å². The first-order valence-electron chi connectivity index (χ1n) is 6.56. The van der Waals surface area contributed by atoms with Crippen molar-refractivity contribution in [2.45, 2.75) is 20.0 Å². The quantitative estimate of drug-likeness (QED) is 0.770. The normalized spacial score (nSPS) is 11.9. The lowest BCUT2D eigenvalue weighted by atomic mass is 10.0. The van der Waals surface area contributed by atoms with Crippen LogP contribution < -0.4 is 4.74 Å². The van der Waals surface area contributed by atoms with Crippen LogP contribution in [-0.2, 0) is 0 Å². The largest absolute Gasteiger partial charge is 0.492 e. The minimum Gasteiger partial charge on any atom is -0.492 e. The van der Waals surface area contributed by atoms with Gasteiger partial charge in [-0.15, -0.1) is 0 Å². The average molecular weight is 296 g/mol. The molecule has 21 heavy (non-hydrogen) atoms. The van der Waals surface area contributed by atoms with Gasteiger partial charge in [-0.05, 0) is 17.4 Å². The molecule has 112 valence electrons. The van der Waals surface area contributed by atoms with Gasteiger partial charge in [-0.2, -0.15) is 13.2 Å². The van der Waals surface area contributed by atoms with E-state index in [2.05, 4.69) is 0 Å². The van der Waals surface area contributed by atoms with Crippen molar-refractivity contribution in [2.24, 2.45) is 5.92 Å². The number of carbonyl (C=O) groups excluding carboxylic acids is 1. The summed E-state index contributed by atoms with van der Waals surface area (Å²) in [6, 6.07) is 9.56. The van der Waals surface area contributed by atoms with E-state index < -0.39 is 17.5 Å². The van der Waals surface area contributed by atoms with Gasteiger partial charge in [0.2, 0.25) is 0 Å². The molecule has 0 bridgehead atoms. The summed E-state index contributed by atoms with van der Waals surface area (Å²) in [5.74, 6) is -1.74. The molecule has 2 rings (SSSR count). The lowest BCUT2D eigenvalue weighted by Gasteiger charge is -2.16. The highest BCUT2D eigenvalue weighted by Gasteiger charge is 2.41. The lowest BCUT2D eigenvalue weighted by Crippen LogP contribution is -2.23. The van der Waals surface area contributed by atoms with Gasteiger partial charge in [0.05, 0.1) is 12.2 Å². The fourth-order valence-corrected chi connectivity index (χ4v) is 1.98. The van der Waals surface area contributed by atoms with E-state index in [1.807, 2.05) is 13.8 Å². The summed E-state index contributed by atoms with van der Waals surface area (Å²) in [6.07, 6.45) is -4.92. The molecule has 0 heterocycles. The third-order valence-electron chi connectivity index (χ3n) is 2.94. The van der Waals surface area contributed by atoms with Crippen molar-refractivity contribution >= 4 is 16.6 Å².